The van der Waals surface area contributed by atoms with Crippen molar-refractivity contribution >= 4 is 17.8 Å². The summed E-state index contributed by atoms with van der Waals surface area (Å²) in [6.07, 6.45) is 1.07. The quantitative estimate of drug-likeness (QED) is 0.708. The number of nitrogens with one attached hydrogen (secondary N) is 2. The zero-order valence-corrected chi connectivity index (χ0v) is 12.2. The van der Waals surface area contributed by atoms with E-state index in [9.17, 15) is 14.4 Å². The molecule has 2 amide bonds. The fraction of sp³-hybridized carbons (Fsp3) is 0.400. The Hall–Kier alpha value is -2.37. The molecule has 0 fully saturated rings. The third kappa shape index (κ3) is 5.64. The van der Waals surface area contributed by atoms with Gasteiger partial charge in [-0.3, -0.25) is 9.59 Å². The second kappa shape index (κ2) is 8.04. The molecule has 1 rings (SSSR count). The summed E-state index contributed by atoms with van der Waals surface area (Å²) >= 11 is 0. The first-order valence-electron chi connectivity index (χ1n) is 6.85. The molecule has 0 aromatic heterocycles. The molecular formula is C15H20N2O4. The van der Waals surface area contributed by atoms with E-state index < -0.39 is 5.97 Å². The van der Waals surface area contributed by atoms with Crippen molar-refractivity contribution in [1.82, 2.24) is 10.6 Å². The number of hydrogen-bond acceptors (Lipinski definition) is 3. The number of amides is 2. The molecule has 114 valence electrons. The van der Waals surface area contributed by atoms with Crippen LogP contribution >= 0.6 is 0 Å². The first-order valence-corrected chi connectivity index (χ1v) is 6.85. The second-order valence-electron chi connectivity index (χ2n) is 4.77. The highest BCUT2D eigenvalue weighted by Gasteiger charge is 2.09. The normalized spacial score (nSPS) is 11.5. The summed E-state index contributed by atoms with van der Waals surface area (Å²) in [6.45, 7) is 4.13. The van der Waals surface area contributed by atoms with Gasteiger partial charge in [-0.2, -0.15) is 0 Å². The number of benzene rings is 1. The van der Waals surface area contributed by atoms with Gasteiger partial charge in [-0.05, 0) is 37.6 Å². The molecule has 21 heavy (non-hydrogen) atoms. The summed E-state index contributed by atoms with van der Waals surface area (Å²) in [7, 11) is 0. The Morgan fingerprint density at radius 1 is 1.14 bits per heavy atom. The maximum atomic E-state index is 11.8. The maximum absolute atomic E-state index is 11.8. The number of aromatic carboxylic acids is 1. The van der Waals surface area contributed by atoms with Crippen molar-refractivity contribution in [2.24, 2.45) is 0 Å². The number of carbonyl (C=O) groups excluding carboxylic acids is 2. The highest BCUT2D eigenvalue weighted by molar-refractivity contribution is 5.96. The molecule has 0 aliphatic carbocycles. The van der Waals surface area contributed by atoms with E-state index in [1.54, 1.807) is 0 Å². The number of carboxylic acid groups (broad SMARTS) is 1. The number of carbonyl (C=O) groups is 3. The number of hydrogen-bond donors (Lipinski definition) is 3. The zero-order chi connectivity index (χ0) is 15.8. The Morgan fingerprint density at radius 3 is 2.24 bits per heavy atom. The van der Waals surface area contributed by atoms with E-state index >= 15 is 0 Å². The van der Waals surface area contributed by atoms with Gasteiger partial charge in [0.15, 0.2) is 0 Å². The van der Waals surface area contributed by atoms with Crippen LogP contribution in [0.4, 0.5) is 0 Å². The number of rotatable bonds is 7. The van der Waals surface area contributed by atoms with Gasteiger partial charge < -0.3 is 15.7 Å². The molecule has 0 aliphatic rings. The van der Waals surface area contributed by atoms with Crippen molar-refractivity contribution in [2.75, 3.05) is 6.54 Å². The Balaban J connectivity index is 2.40. The van der Waals surface area contributed by atoms with E-state index in [4.69, 9.17) is 5.11 Å². The monoisotopic (exact) mass is 292 g/mol. The molecule has 1 aromatic rings. The lowest BCUT2D eigenvalue weighted by atomic mass is 10.1. The minimum atomic E-state index is -1.04. The lowest BCUT2D eigenvalue weighted by molar-refractivity contribution is -0.121. The fourth-order valence-electron chi connectivity index (χ4n) is 1.60. The predicted molar refractivity (Wildman–Crippen MR) is 78.2 cm³/mol. The van der Waals surface area contributed by atoms with Gasteiger partial charge in [-0.15, -0.1) is 0 Å². The van der Waals surface area contributed by atoms with Gasteiger partial charge >= 0.3 is 5.97 Å². The third-order valence-corrected chi connectivity index (χ3v) is 3.05. The minimum absolute atomic E-state index is 0.106. The molecule has 6 heteroatoms. The van der Waals surface area contributed by atoms with Crippen molar-refractivity contribution in [3.05, 3.63) is 35.4 Å². The maximum Gasteiger partial charge on any atom is 0.335 e. The largest absolute Gasteiger partial charge is 0.478 e. The van der Waals surface area contributed by atoms with Crippen molar-refractivity contribution < 1.29 is 19.5 Å². The summed E-state index contributed by atoms with van der Waals surface area (Å²) in [6, 6.07) is 5.74. The van der Waals surface area contributed by atoms with E-state index in [-0.39, 0.29) is 36.4 Å². The minimum Gasteiger partial charge on any atom is -0.478 e. The van der Waals surface area contributed by atoms with E-state index in [1.165, 1.54) is 24.3 Å². The molecule has 0 saturated carbocycles. The van der Waals surface area contributed by atoms with Gasteiger partial charge in [0, 0.05) is 24.6 Å². The van der Waals surface area contributed by atoms with E-state index in [2.05, 4.69) is 10.6 Å². The lowest BCUT2D eigenvalue weighted by Crippen LogP contribution is -2.35. The molecule has 3 N–H and O–H groups in total. The van der Waals surface area contributed by atoms with Gasteiger partial charge in [-0.25, -0.2) is 4.79 Å². The van der Waals surface area contributed by atoms with E-state index in [0.29, 0.717) is 5.56 Å². The molecule has 0 heterocycles. The SMILES string of the molecule is CCC(C)NC(=O)CCNC(=O)c1ccc(C(=O)O)cc1. The van der Waals surface area contributed by atoms with Crippen LogP contribution in [0.2, 0.25) is 0 Å². The van der Waals surface area contributed by atoms with Crippen molar-refractivity contribution in [2.45, 2.75) is 32.7 Å². The molecule has 0 spiro atoms. The molecular weight excluding hydrogens is 272 g/mol. The Kier molecular flexibility index (Phi) is 6.39. The van der Waals surface area contributed by atoms with Crippen LogP contribution in [0.3, 0.4) is 0 Å². The number of carboxylic acids is 1. The van der Waals surface area contributed by atoms with Crippen LogP contribution in [0.1, 0.15) is 47.4 Å². The van der Waals surface area contributed by atoms with Crippen LogP contribution in [0, 0.1) is 0 Å². The summed E-state index contributed by atoms with van der Waals surface area (Å²) in [5.41, 5.74) is 0.488. The Bertz CT molecular complexity index is 511. The van der Waals surface area contributed by atoms with Gasteiger partial charge in [0.1, 0.15) is 0 Å². The van der Waals surface area contributed by atoms with Gasteiger partial charge in [-0.1, -0.05) is 6.92 Å². The summed E-state index contributed by atoms with van der Waals surface area (Å²) < 4.78 is 0. The first kappa shape index (κ1) is 16.7. The summed E-state index contributed by atoms with van der Waals surface area (Å²) in [4.78, 5) is 34.0. The van der Waals surface area contributed by atoms with Crippen LogP contribution in [0.25, 0.3) is 0 Å². The summed E-state index contributed by atoms with van der Waals surface area (Å²) in [5, 5.41) is 14.2. The van der Waals surface area contributed by atoms with E-state index in [1.807, 2.05) is 13.8 Å². The molecule has 0 radical (unpaired) electrons. The highest BCUT2D eigenvalue weighted by Crippen LogP contribution is 2.04. The predicted octanol–water partition coefficient (Wildman–Crippen LogP) is 1.42. The van der Waals surface area contributed by atoms with Crippen molar-refractivity contribution in [3.8, 4) is 0 Å². The smallest absolute Gasteiger partial charge is 0.335 e. The van der Waals surface area contributed by atoms with Crippen LogP contribution in [0.5, 0.6) is 0 Å². The molecule has 0 bridgehead atoms. The summed E-state index contributed by atoms with van der Waals surface area (Å²) in [5.74, 6) is -1.47. The van der Waals surface area contributed by atoms with Crippen LogP contribution in [-0.2, 0) is 4.79 Å². The van der Waals surface area contributed by atoms with E-state index in [0.717, 1.165) is 6.42 Å². The van der Waals surface area contributed by atoms with Gasteiger partial charge in [0.05, 0.1) is 5.56 Å². The lowest BCUT2D eigenvalue weighted by Gasteiger charge is -2.11. The molecule has 0 aliphatic heterocycles. The van der Waals surface area contributed by atoms with Crippen LogP contribution in [-0.4, -0.2) is 35.5 Å². The molecule has 1 atom stereocenters. The topological polar surface area (TPSA) is 95.5 Å². The highest BCUT2D eigenvalue weighted by atomic mass is 16.4. The standard InChI is InChI=1S/C15H20N2O4/c1-3-10(2)17-13(18)8-9-16-14(19)11-4-6-12(7-5-11)15(20)21/h4-7,10H,3,8-9H2,1-2H3,(H,16,19)(H,17,18)(H,20,21). The Morgan fingerprint density at radius 2 is 1.71 bits per heavy atom. The third-order valence-electron chi connectivity index (χ3n) is 3.05. The zero-order valence-electron chi connectivity index (χ0n) is 12.2. The average Bonchev–Trinajstić information content (AvgIpc) is 2.46. The van der Waals surface area contributed by atoms with Crippen molar-refractivity contribution in [1.29, 1.82) is 0 Å². The van der Waals surface area contributed by atoms with Crippen LogP contribution < -0.4 is 10.6 Å². The molecule has 0 saturated heterocycles. The molecule has 1 unspecified atom stereocenters. The Labute approximate surface area is 123 Å². The van der Waals surface area contributed by atoms with Crippen molar-refractivity contribution in [3.63, 3.8) is 0 Å². The van der Waals surface area contributed by atoms with Gasteiger partial charge in [0.2, 0.25) is 5.91 Å². The average molecular weight is 292 g/mol. The molecule has 1 aromatic carbocycles. The first-order chi connectivity index (χ1) is 9.93. The molecule has 6 nitrogen and oxygen atoms in total. The fourth-order valence-corrected chi connectivity index (χ4v) is 1.60. The van der Waals surface area contributed by atoms with Gasteiger partial charge in [0.25, 0.3) is 5.91 Å². The second-order valence-corrected chi connectivity index (χ2v) is 4.77. The van der Waals surface area contributed by atoms with Crippen LogP contribution in [0.15, 0.2) is 24.3 Å².